The Balaban J connectivity index is 1.50. The van der Waals surface area contributed by atoms with Crippen LogP contribution in [0.4, 0.5) is 0 Å². The average Bonchev–Trinajstić information content (AvgIpc) is 3.20. The number of hydrogen-bond donors (Lipinski definition) is 0. The zero-order valence-corrected chi connectivity index (χ0v) is 16.6. The predicted octanol–water partition coefficient (Wildman–Crippen LogP) is 3.52. The predicted molar refractivity (Wildman–Crippen MR) is 109 cm³/mol. The average molecular weight is 380 g/mol. The van der Waals surface area contributed by atoms with Crippen LogP contribution in [0.15, 0.2) is 42.6 Å². The van der Waals surface area contributed by atoms with Crippen LogP contribution < -0.4 is 0 Å². The molecule has 2 aromatic rings. The van der Waals surface area contributed by atoms with Crippen molar-refractivity contribution in [2.75, 3.05) is 19.6 Å². The molecule has 2 aliphatic rings. The van der Waals surface area contributed by atoms with Crippen molar-refractivity contribution in [3.63, 3.8) is 0 Å². The second-order valence-electron chi connectivity index (χ2n) is 7.97. The molecule has 5 heteroatoms. The Hall–Kier alpha value is -2.56. The highest BCUT2D eigenvalue weighted by Crippen LogP contribution is 2.33. The normalized spacial score (nSPS) is 19.4. The molecule has 0 aliphatic carbocycles. The van der Waals surface area contributed by atoms with E-state index in [2.05, 4.69) is 48.0 Å². The molecule has 1 unspecified atom stereocenters. The Bertz CT molecular complexity index is 851. The van der Waals surface area contributed by atoms with Gasteiger partial charge in [-0.3, -0.25) is 9.59 Å². The van der Waals surface area contributed by atoms with Crippen molar-refractivity contribution in [3.8, 4) is 0 Å². The van der Waals surface area contributed by atoms with Crippen LogP contribution in [0.3, 0.4) is 0 Å². The Morgan fingerprint density at radius 1 is 0.929 bits per heavy atom. The third kappa shape index (κ3) is 3.84. The van der Waals surface area contributed by atoms with Crippen LogP contribution in [0.1, 0.15) is 55.0 Å². The van der Waals surface area contributed by atoms with Crippen molar-refractivity contribution in [1.82, 2.24) is 14.4 Å². The van der Waals surface area contributed by atoms with Crippen molar-refractivity contribution in [3.05, 3.63) is 59.4 Å². The van der Waals surface area contributed by atoms with Gasteiger partial charge in [0.15, 0.2) is 0 Å². The van der Waals surface area contributed by atoms with E-state index in [0.29, 0.717) is 19.4 Å². The minimum Gasteiger partial charge on any atom is -0.348 e. The Morgan fingerprint density at radius 3 is 2.50 bits per heavy atom. The van der Waals surface area contributed by atoms with Gasteiger partial charge < -0.3 is 14.4 Å². The van der Waals surface area contributed by atoms with Crippen LogP contribution in [-0.4, -0.2) is 45.8 Å². The summed E-state index contributed by atoms with van der Waals surface area (Å²) in [6.45, 7) is 5.24. The number of aryl methyl sites for hydroxylation is 1. The number of hydrogen-bond acceptors (Lipinski definition) is 2. The van der Waals surface area contributed by atoms with Crippen molar-refractivity contribution in [2.45, 2.75) is 51.6 Å². The van der Waals surface area contributed by atoms with E-state index >= 15 is 0 Å². The van der Waals surface area contributed by atoms with Crippen molar-refractivity contribution < 1.29 is 9.59 Å². The zero-order chi connectivity index (χ0) is 19.5. The number of piperidine rings is 1. The molecule has 1 aromatic carbocycles. The van der Waals surface area contributed by atoms with Gasteiger partial charge in [-0.1, -0.05) is 29.8 Å². The lowest BCUT2D eigenvalue weighted by Crippen LogP contribution is -2.43. The number of aromatic nitrogens is 1. The maximum Gasteiger partial charge on any atom is 0.223 e. The van der Waals surface area contributed by atoms with Gasteiger partial charge >= 0.3 is 0 Å². The van der Waals surface area contributed by atoms with Crippen LogP contribution in [0.5, 0.6) is 0 Å². The Kier molecular flexibility index (Phi) is 5.51. The molecule has 1 fully saturated rings. The van der Waals surface area contributed by atoms with Crippen molar-refractivity contribution in [1.29, 1.82) is 0 Å². The summed E-state index contributed by atoms with van der Waals surface area (Å²) in [4.78, 5) is 29.5. The summed E-state index contributed by atoms with van der Waals surface area (Å²) in [5, 5.41) is 0. The SMILES string of the molecule is Cc1cccc(C2c3cccn3CCN2C(=O)CCC(=O)N2CCCCC2)c1. The fourth-order valence-corrected chi connectivity index (χ4v) is 4.50. The lowest BCUT2D eigenvalue weighted by Gasteiger charge is -2.37. The summed E-state index contributed by atoms with van der Waals surface area (Å²) in [7, 11) is 0. The molecule has 0 bridgehead atoms. The van der Waals surface area contributed by atoms with Gasteiger partial charge in [0.05, 0.1) is 6.04 Å². The van der Waals surface area contributed by atoms with Gasteiger partial charge in [-0.2, -0.15) is 0 Å². The number of amides is 2. The van der Waals surface area contributed by atoms with E-state index in [4.69, 9.17) is 0 Å². The molecule has 1 atom stereocenters. The lowest BCUT2D eigenvalue weighted by atomic mass is 9.97. The molecule has 1 saturated heterocycles. The van der Waals surface area contributed by atoms with E-state index in [9.17, 15) is 9.59 Å². The van der Waals surface area contributed by atoms with Gasteiger partial charge in [0, 0.05) is 50.9 Å². The van der Waals surface area contributed by atoms with E-state index in [-0.39, 0.29) is 17.9 Å². The molecular formula is C23H29N3O2. The maximum atomic E-state index is 13.1. The standard InChI is InChI=1S/C23H29N3O2/c1-18-7-5-8-19(17-18)23-20-9-6-14-24(20)15-16-26(23)22(28)11-10-21(27)25-12-3-2-4-13-25/h5-9,14,17,23H,2-4,10-13,15-16H2,1H3. The van der Waals surface area contributed by atoms with Crippen LogP contribution in [-0.2, 0) is 16.1 Å². The van der Waals surface area contributed by atoms with Gasteiger partial charge in [-0.25, -0.2) is 0 Å². The summed E-state index contributed by atoms with van der Waals surface area (Å²) in [6.07, 6.45) is 6.06. The molecule has 1 aromatic heterocycles. The van der Waals surface area contributed by atoms with E-state index in [1.54, 1.807) is 0 Å². The topological polar surface area (TPSA) is 45.6 Å². The molecule has 148 valence electrons. The highest BCUT2D eigenvalue weighted by molar-refractivity contribution is 5.84. The van der Waals surface area contributed by atoms with Crippen LogP contribution in [0, 0.1) is 6.92 Å². The summed E-state index contributed by atoms with van der Waals surface area (Å²) >= 11 is 0. The van der Waals surface area contributed by atoms with Crippen molar-refractivity contribution in [2.24, 2.45) is 0 Å². The van der Waals surface area contributed by atoms with Gasteiger partial charge in [0.25, 0.3) is 0 Å². The highest BCUT2D eigenvalue weighted by Gasteiger charge is 2.32. The molecule has 0 spiro atoms. The molecule has 0 radical (unpaired) electrons. The Morgan fingerprint density at radius 2 is 1.71 bits per heavy atom. The third-order valence-corrected chi connectivity index (χ3v) is 5.98. The van der Waals surface area contributed by atoms with E-state index in [0.717, 1.165) is 43.7 Å². The van der Waals surface area contributed by atoms with Crippen LogP contribution >= 0.6 is 0 Å². The largest absolute Gasteiger partial charge is 0.348 e. The fraction of sp³-hybridized carbons (Fsp3) is 0.478. The van der Waals surface area contributed by atoms with Gasteiger partial charge in [-0.05, 0) is 43.9 Å². The smallest absolute Gasteiger partial charge is 0.223 e. The monoisotopic (exact) mass is 379 g/mol. The second-order valence-corrected chi connectivity index (χ2v) is 7.97. The number of rotatable bonds is 4. The fourth-order valence-electron chi connectivity index (χ4n) is 4.50. The van der Waals surface area contributed by atoms with Gasteiger partial charge in [0.2, 0.25) is 11.8 Å². The first-order valence-electron chi connectivity index (χ1n) is 10.4. The zero-order valence-electron chi connectivity index (χ0n) is 16.6. The minimum absolute atomic E-state index is 0.0734. The van der Waals surface area contributed by atoms with E-state index in [1.165, 1.54) is 12.0 Å². The summed E-state index contributed by atoms with van der Waals surface area (Å²) in [5.74, 6) is 0.199. The molecule has 5 nitrogen and oxygen atoms in total. The number of fused-ring (bicyclic) bond motifs is 1. The molecule has 2 amide bonds. The van der Waals surface area contributed by atoms with E-state index in [1.807, 2.05) is 15.9 Å². The lowest BCUT2D eigenvalue weighted by molar-refractivity contribution is -0.139. The summed E-state index contributed by atoms with van der Waals surface area (Å²) < 4.78 is 2.23. The highest BCUT2D eigenvalue weighted by atomic mass is 16.2. The molecule has 2 aliphatic heterocycles. The van der Waals surface area contributed by atoms with Crippen LogP contribution in [0.2, 0.25) is 0 Å². The number of benzene rings is 1. The first-order valence-corrected chi connectivity index (χ1v) is 10.4. The molecule has 4 rings (SSSR count). The Labute approximate surface area is 166 Å². The number of nitrogens with zero attached hydrogens (tertiary/aromatic N) is 3. The minimum atomic E-state index is -0.0822. The van der Waals surface area contributed by atoms with Gasteiger partial charge in [-0.15, -0.1) is 0 Å². The van der Waals surface area contributed by atoms with Crippen LogP contribution in [0.25, 0.3) is 0 Å². The molecular weight excluding hydrogens is 350 g/mol. The number of carbonyl (C=O) groups is 2. The van der Waals surface area contributed by atoms with Gasteiger partial charge in [0.1, 0.15) is 0 Å². The third-order valence-electron chi connectivity index (χ3n) is 5.98. The first kappa shape index (κ1) is 18.8. The number of carbonyl (C=O) groups excluding carboxylic acids is 2. The first-order chi connectivity index (χ1) is 13.6. The summed E-state index contributed by atoms with van der Waals surface area (Å²) in [6, 6.07) is 12.5. The maximum absolute atomic E-state index is 13.1. The quantitative estimate of drug-likeness (QED) is 0.816. The molecule has 28 heavy (non-hydrogen) atoms. The molecule has 0 saturated carbocycles. The van der Waals surface area contributed by atoms with Crippen molar-refractivity contribution >= 4 is 11.8 Å². The van der Waals surface area contributed by atoms with E-state index < -0.39 is 0 Å². The number of likely N-dealkylation sites (tertiary alicyclic amines) is 1. The molecule has 0 N–H and O–H groups in total. The second kappa shape index (κ2) is 8.21. The summed E-state index contributed by atoms with van der Waals surface area (Å²) in [5.41, 5.74) is 3.47. The molecule has 3 heterocycles.